The molecule has 1 heterocycles. The zero-order valence-electron chi connectivity index (χ0n) is 7.22. The third-order valence-electron chi connectivity index (χ3n) is 1.93. The zero-order valence-corrected chi connectivity index (χ0v) is 9.62. The highest BCUT2D eigenvalue weighted by atomic mass is 79.9. The monoisotopic (exact) mass is 269 g/mol. The Morgan fingerprint density at radius 1 is 1.36 bits per heavy atom. The Balaban J connectivity index is 2.37. The van der Waals surface area contributed by atoms with E-state index in [-0.39, 0.29) is 0 Å². The van der Waals surface area contributed by atoms with Crippen molar-refractivity contribution in [3.8, 4) is 0 Å². The molecule has 0 fully saturated rings. The molecule has 4 heteroatoms. The van der Waals surface area contributed by atoms with Crippen molar-refractivity contribution in [3.63, 3.8) is 0 Å². The van der Waals surface area contributed by atoms with E-state index < -0.39 is 6.10 Å². The highest BCUT2D eigenvalue weighted by Crippen LogP contribution is 2.27. The van der Waals surface area contributed by atoms with E-state index in [1.54, 1.807) is 5.51 Å². The van der Waals surface area contributed by atoms with Crippen LogP contribution < -0.4 is 0 Å². The highest BCUT2D eigenvalue weighted by molar-refractivity contribution is 9.10. The Labute approximate surface area is 94.4 Å². The molecule has 14 heavy (non-hydrogen) atoms. The average molecular weight is 270 g/mol. The zero-order chi connectivity index (χ0) is 9.97. The minimum Gasteiger partial charge on any atom is -0.382 e. The van der Waals surface area contributed by atoms with E-state index in [0.717, 1.165) is 10.0 Å². The summed E-state index contributed by atoms with van der Waals surface area (Å²) in [6.45, 7) is 0. The first kappa shape index (κ1) is 9.83. The molecule has 0 aliphatic rings. The van der Waals surface area contributed by atoms with Crippen LogP contribution in [0.15, 0.2) is 39.6 Å². The van der Waals surface area contributed by atoms with Gasteiger partial charge in [0.05, 0.1) is 11.2 Å². The topological polar surface area (TPSA) is 33.1 Å². The Hall–Kier alpha value is -0.710. The van der Waals surface area contributed by atoms with E-state index in [1.165, 1.54) is 11.3 Å². The third-order valence-corrected chi connectivity index (χ3v) is 3.26. The number of benzene rings is 1. The van der Waals surface area contributed by atoms with E-state index >= 15 is 0 Å². The molecule has 1 unspecified atom stereocenters. The summed E-state index contributed by atoms with van der Waals surface area (Å²) in [6, 6.07) is 7.61. The molecule has 0 spiro atoms. The Morgan fingerprint density at radius 3 is 2.79 bits per heavy atom. The fourth-order valence-electron chi connectivity index (χ4n) is 1.21. The summed E-state index contributed by atoms with van der Waals surface area (Å²) in [7, 11) is 0. The SMILES string of the molecule is OC(c1cscn1)c1ccccc1Br. The molecule has 1 aromatic carbocycles. The molecule has 2 aromatic rings. The summed E-state index contributed by atoms with van der Waals surface area (Å²) in [5, 5.41) is 11.8. The van der Waals surface area contributed by atoms with Crippen LogP contribution in [0.1, 0.15) is 17.4 Å². The van der Waals surface area contributed by atoms with Gasteiger partial charge in [-0.25, -0.2) is 4.98 Å². The van der Waals surface area contributed by atoms with Crippen LogP contribution in [0.2, 0.25) is 0 Å². The molecule has 0 aliphatic carbocycles. The fourth-order valence-corrected chi connectivity index (χ4v) is 2.29. The standard InChI is InChI=1S/C10H8BrNOS/c11-8-4-2-1-3-7(8)10(13)9-5-14-6-12-9/h1-6,10,13H. The summed E-state index contributed by atoms with van der Waals surface area (Å²) < 4.78 is 0.903. The van der Waals surface area contributed by atoms with Crippen molar-refractivity contribution in [2.24, 2.45) is 0 Å². The van der Waals surface area contributed by atoms with Crippen molar-refractivity contribution in [2.75, 3.05) is 0 Å². The van der Waals surface area contributed by atoms with Crippen LogP contribution in [0.5, 0.6) is 0 Å². The van der Waals surface area contributed by atoms with E-state index in [2.05, 4.69) is 20.9 Å². The van der Waals surface area contributed by atoms with Gasteiger partial charge in [0.25, 0.3) is 0 Å². The molecule has 0 amide bonds. The molecule has 0 bridgehead atoms. The largest absolute Gasteiger partial charge is 0.382 e. The molecule has 0 saturated carbocycles. The first-order valence-corrected chi connectivity index (χ1v) is 5.83. The molecule has 0 aliphatic heterocycles. The van der Waals surface area contributed by atoms with Gasteiger partial charge < -0.3 is 5.11 Å². The van der Waals surface area contributed by atoms with Gasteiger partial charge in [-0.2, -0.15) is 0 Å². The quantitative estimate of drug-likeness (QED) is 0.910. The lowest BCUT2D eigenvalue weighted by Gasteiger charge is -2.09. The molecular formula is C10H8BrNOS. The molecule has 2 rings (SSSR count). The van der Waals surface area contributed by atoms with Gasteiger partial charge in [-0.1, -0.05) is 34.1 Å². The van der Waals surface area contributed by atoms with Crippen LogP contribution in [0.25, 0.3) is 0 Å². The first-order valence-electron chi connectivity index (χ1n) is 4.09. The van der Waals surface area contributed by atoms with Crippen molar-refractivity contribution in [1.82, 2.24) is 4.98 Å². The number of aromatic nitrogens is 1. The summed E-state index contributed by atoms with van der Waals surface area (Å²) in [5.41, 5.74) is 3.26. The maximum atomic E-state index is 9.98. The molecular weight excluding hydrogens is 262 g/mol. The second-order valence-electron chi connectivity index (χ2n) is 2.84. The summed E-state index contributed by atoms with van der Waals surface area (Å²) in [5.74, 6) is 0. The number of hydrogen-bond donors (Lipinski definition) is 1. The Bertz CT molecular complexity index is 416. The van der Waals surface area contributed by atoms with Crippen molar-refractivity contribution in [3.05, 3.63) is 50.9 Å². The molecule has 1 aromatic heterocycles. The maximum absolute atomic E-state index is 9.98. The van der Waals surface area contributed by atoms with Gasteiger partial charge in [-0.15, -0.1) is 11.3 Å². The fraction of sp³-hybridized carbons (Fsp3) is 0.100. The lowest BCUT2D eigenvalue weighted by molar-refractivity contribution is 0.215. The van der Waals surface area contributed by atoms with Crippen molar-refractivity contribution in [2.45, 2.75) is 6.10 Å². The van der Waals surface area contributed by atoms with E-state index in [4.69, 9.17) is 0 Å². The number of hydrogen-bond acceptors (Lipinski definition) is 3. The number of rotatable bonds is 2. The summed E-state index contributed by atoms with van der Waals surface area (Å²) in [6.07, 6.45) is -0.642. The molecule has 0 saturated heterocycles. The van der Waals surface area contributed by atoms with Gasteiger partial charge in [0.1, 0.15) is 6.10 Å². The van der Waals surface area contributed by atoms with Crippen LogP contribution in [-0.2, 0) is 0 Å². The minimum absolute atomic E-state index is 0.642. The van der Waals surface area contributed by atoms with Crippen LogP contribution in [-0.4, -0.2) is 10.1 Å². The van der Waals surface area contributed by atoms with E-state index in [9.17, 15) is 5.11 Å². The molecule has 2 nitrogen and oxygen atoms in total. The number of nitrogens with zero attached hydrogens (tertiary/aromatic N) is 1. The van der Waals surface area contributed by atoms with Crippen molar-refractivity contribution in [1.29, 1.82) is 0 Å². The number of aliphatic hydroxyl groups is 1. The van der Waals surface area contributed by atoms with Gasteiger partial charge in [-0.05, 0) is 6.07 Å². The third kappa shape index (κ3) is 1.87. The highest BCUT2D eigenvalue weighted by Gasteiger charge is 2.14. The molecule has 1 N–H and O–H groups in total. The van der Waals surface area contributed by atoms with Crippen LogP contribution in [0.3, 0.4) is 0 Å². The number of halogens is 1. The van der Waals surface area contributed by atoms with Gasteiger partial charge in [0.15, 0.2) is 0 Å². The first-order chi connectivity index (χ1) is 6.79. The van der Waals surface area contributed by atoms with E-state index in [1.807, 2.05) is 29.6 Å². The molecule has 0 radical (unpaired) electrons. The Kier molecular flexibility index (Phi) is 2.96. The van der Waals surface area contributed by atoms with Crippen LogP contribution in [0.4, 0.5) is 0 Å². The van der Waals surface area contributed by atoms with Gasteiger partial charge in [0.2, 0.25) is 0 Å². The minimum atomic E-state index is -0.642. The second kappa shape index (κ2) is 4.21. The maximum Gasteiger partial charge on any atom is 0.123 e. The second-order valence-corrected chi connectivity index (χ2v) is 4.41. The average Bonchev–Trinajstić information content (AvgIpc) is 2.70. The van der Waals surface area contributed by atoms with Crippen LogP contribution >= 0.6 is 27.3 Å². The Morgan fingerprint density at radius 2 is 2.14 bits per heavy atom. The predicted octanol–water partition coefficient (Wildman–Crippen LogP) is 2.99. The van der Waals surface area contributed by atoms with E-state index in [0.29, 0.717) is 5.69 Å². The van der Waals surface area contributed by atoms with Gasteiger partial charge >= 0.3 is 0 Å². The van der Waals surface area contributed by atoms with Crippen LogP contribution in [0, 0.1) is 0 Å². The lowest BCUT2D eigenvalue weighted by Crippen LogP contribution is -2.00. The molecule has 72 valence electrons. The lowest BCUT2D eigenvalue weighted by atomic mass is 10.1. The summed E-state index contributed by atoms with van der Waals surface area (Å²) in [4.78, 5) is 4.08. The van der Waals surface area contributed by atoms with Crippen molar-refractivity contribution < 1.29 is 5.11 Å². The normalized spacial score (nSPS) is 12.7. The number of aliphatic hydroxyl groups excluding tert-OH is 1. The van der Waals surface area contributed by atoms with Gasteiger partial charge in [0, 0.05) is 15.4 Å². The summed E-state index contributed by atoms with van der Waals surface area (Å²) >= 11 is 4.88. The molecule has 1 atom stereocenters. The van der Waals surface area contributed by atoms with Crippen molar-refractivity contribution >= 4 is 27.3 Å². The number of thiazole rings is 1. The smallest absolute Gasteiger partial charge is 0.123 e. The predicted molar refractivity (Wildman–Crippen MR) is 60.3 cm³/mol. The van der Waals surface area contributed by atoms with Gasteiger partial charge in [-0.3, -0.25) is 0 Å².